The normalized spacial score (nSPS) is 21.1. The van der Waals surface area contributed by atoms with Crippen LogP contribution in [0, 0.1) is 0 Å². The third kappa shape index (κ3) is 4.18. The maximum absolute atomic E-state index is 12.3. The van der Waals surface area contributed by atoms with Crippen LogP contribution in [-0.4, -0.2) is 40.8 Å². The van der Waals surface area contributed by atoms with Gasteiger partial charge in [0.1, 0.15) is 6.04 Å². The van der Waals surface area contributed by atoms with E-state index in [1.165, 1.54) is 5.56 Å². The standard InChI is InChI=1S/C17H22N4O2/c1-13-16(19-6-8-23-13)17(22)20-10-14-3-2-4-15(9-14)11-21-7-5-18-12-21/h2-5,7,9,12-13,16,19H,6,8,10-11H2,1H3,(H,20,22)/t13-,16+/m1/s1. The molecule has 1 aromatic carbocycles. The average Bonchev–Trinajstić information content (AvgIpc) is 3.06. The van der Waals surface area contributed by atoms with E-state index in [1.54, 1.807) is 12.5 Å². The maximum atomic E-state index is 12.3. The van der Waals surface area contributed by atoms with Gasteiger partial charge in [0.05, 0.1) is 19.0 Å². The zero-order valence-electron chi connectivity index (χ0n) is 13.2. The lowest BCUT2D eigenvalue weighted by atomic mass is 10.1. The highest BCUT2D eigenvalue weighted by Crippen LogP contribution is 2.08. The monoisotopic (exact) mass is 314 g/mol. The number of carbonyl (C=O) groups is 1. The average molecular weight is 314 g/mol. The fraction of sp³-hybridized carbons (Fsp3) is 0.412. The summed E-state index contributed by atoms with van der Waals surface area (Å²) in [5.41, 5.74) is 2.27. The third-order valence-electron chi connectivity index (χ3n) is 3.98. The molecule has 0 aliphatic carbocycles. The molecule has 1 aliphatic heterocycles. The van der Waals surface area contributed by atoms with Crippen molar-refractivity contribution in [2.24, 2.45) is 0 Å². The van der Waals surface area contributed by atoms with Gasteiger partial charge in [-0.05, 0) is 18.1 Å². The first kappa shape index (κ1) is 15.7. The van der Waals surface area contributed by atoms with Gasteiger partial charge in [0, 0.05) is 32.0 Å². The van der Waals surface area contributed by atoms with Gasteiger partial charge >= 0.3 is 0 Å². The van der Waals surface area contributed by atoms with Crippen molar-refractivity contribution in [2.75, 3.05) is 13.2 Å². The Morgan fingerprint density at radius 3 is 3.13 bits per heavy atom. The molecular formula is C17H22N4O2. The smallest absolute Gasteiger partial charge is 0.240 e. The van der Waals surface area contributed by atoms with E-state index >= 15 is 0 Å². The van der Waals surface area contributed by atoms with Crippen LogP contribution in [0.15, 0.2) is 43.0 Å². The van der Waals surface area contributed by atoms with Crippen LogP contribution in [0.2, 0.25) is 0 Å². The predicted molar refractivity (Wildman–Crippen MR) is 86.8 cm³/mol. The van der Waals surface area contributed by atoms with E-state index in [9.17, 15) is 4.79 Å². The number of nitrogens with one attached hydrogen (secondary N) is 2. The summed E-state index contributed by atoms with van der Waals surface area (Å²) in [6, 6.07) is 7.93. The summed E-state index contributed by atoms with van der Waals surface area (Å²) in [5, 5.41) is 6.18. The largest absolute Gasteiger partial charge is 0.375 e. The minimum atomic E-state index is -0.280. The maximum Gasteiger partial charge on any atom is 0.240 e. The highest BCUT2D eigenvalue weighted by atomic mass is 16.5. The van der Waals surface area contributed by atoms with Crippen molar-refractivity contribution in [3.05, 3.63) is 54.1 Å². The molecule has 2 N–H and O–H groups in total. The minimum absolute atomic E-state index is 0.0165. The molecule has 122 valence electrons. The Labute approximate surface area is 135 Å². The number of nitrogens with zero attached hydrogens (tertiary/aromatic N) is 2. The third-order valence-corrected chi connectivity index (χ3v) is 3.98. The molecule has 0 bridgehead atoms. The van der Waals surface area contributed by atoms with Crippen molar-refractivity contribution in [2.45, 2.75) is 32.2 Å². The molecule has 1 amide bonds. The highest BCUT2D eigenvalue weighted by molar-refractivity contribution is 5.82. The van der Waals surface area contributed by atoms with Crippen molar-refractivity contribution in [3.63, 3.8) is 0 Å². The van der Waals surface area contributed by atoms with Crippen LogP contribution in [0.3, 0.4) is 0 Å². The van der Waals surface area contributed by atoms with Gasteiger partial charge in [0.2, 0.25) is 5.91 Å². The van der Waals surface area contributed by atoms with Crippen LogP contribution in [0.1, 0.15) is 18.1 Å². The summed E-state index contributed by atoms with van der Waals surface area (Å²) in [6.45, 7) is 4.57. The second-order valence-electron chi connectivity index (χ2n) is 5.78. The molecule has 2 atom stereocenters. The number of amides is 1. The molecule has 0 unspecified atom stereocenters. The first-order chi connectivity index (χ1) is 11.2. The summed E-state index contributed by atoms with van der Waals surface area (Å²) in [6.07, 6.45) is 5.40. The Kier molecular flexibility index (Phi) is 5.05. The van der Waals surface area contributed by atoms with E-state index in [4.69, 9.17) is 4.74 Å². The Bertz CT molecular complexity index is 642. The number of hydrogen-bond acceptors (Lipinski definition) is 4. The molecule has 6 nitrogen and oxygen atoms in total. The molecule has 1 aliphatic rings. The summed E-state index contributed by atoms with van der Waals surface area (Å²) in [4.78, 5) is 16.3. The molecule has 0 radical (unpaired) electrons. The Hall–Kier alpha value is -2.18. The number of imidazole rings is 1. The van der Waals surface area contributed by atoms with Gasteiger partial charge in [-0.2, -0.15) is 0 Å². The number of rotatable bonds is 5. The van der Waals surface area contributed by atoms with Gasteiger partial charge in [0.15, 0.2) is 0 Å². The lowest BCUT2D eigenvalue weighted by Crippen LogP contribution is -2.55. The van der Waals surface area contributed by atoms with E-state index in [2.05, 4.69) is 27.8 Å². The molecular weight excluding hydrogens is 292 g/mol. The van der Waals surface area contributed by atoms with Crippen LogP contribution in [0.4, 0.5) is 0 Å². The van der Waals surface area contributed by atoms with Gasteiger partial charge in [-0.15, -0.1) is 0 Å². The van der Waals surface area contributed by atoms with Crippen molar-refractivity contribution in [1.29, 1.82) is 0 Å². The molecule has 23 heavy (non-hydrogen) atoms. The molecule has 1 saturated heterocycles. The summed E-state index contributed by atoms with van der Waals surface area (Å²) < 4.78 is 7.53. The van der Waals surface area contributed by atoms with Crippen LogP contribution in [0.25, 0.3) is 0 Å². The van der Waals surface area contributed by atoms with E-state index in [1.807, 2.05) is 29.8 Å². The van der Waals surface area contributed by atoms with Gasteiger partial charge < -0.3 is 19.9 Å². The zero-order valence-corrected chi connectivity index (χ0v) is 13.2. The van der Waals surface area contributed by atoms with E-state index < -0.39 is 0 Å². The van der Waals surface area contributed by atoms with Crippen LogP contribution >= 0.6 is 0 Å². The van der Waals surface area contributed by atoms with E-state index in [0.29, 0.717) is 19.7 Å². The summed E-state index contributed by atoms with van der Waals surface area (Å²) in [7, 11) is 0. The number of morpholine rings is 1. The second-order valence-corrected chi connectivity index (χ2v) is 5.78. The number of aromatic nitrogens is 2. The van der Waals surface area contributed by atoms with Crippen LogP contribution in [0.5, 0.6) is 0 Å². The Balaban J connectivity index is 1.56. The lowest BCUT2D eigenvalue weighted by Gasteiger charge is -2.29. The number of ether oxygens (including phenoxy) is 1. The first-order valence-electron chi connectivity index (χ1n) is 7.88. The van der Waals surface area contributed by atoms with Crippen LogP contribution in [-0.2, 0) is 22.6 Å². The molecule has 0 saturated carbocycles. The van der Waals surface area contributed by atoms with Crippen LogP contribution < -0.4 is 10.6 Å². The van der Waals surface area contributed by atoms with Crippen molar-refractivity contribution < 1.29 is 9.53 Å². The predicted octanol–water partition coefficient (Wildman–Crippen LogP) is 0.925. The molecule has 0 spiro atoms. The van der Waals surface area contributed by atoms with Gasteiger partial charge in [0.25, 0.3) is 0 Å². The summed E-state index contributed by atoms with van der Waals surface area (Å²) >= 11 is 0. The topological polar surface area (TPSA) is 68.2 Å². The highest BCUT2D eigenvalue weighted by Gasteiger charge is 2.27. The quantitative estimate of drug-likeness (QED) is 0.861. The summed E-state index contributed by atoms with van der Waals surface area (Å²) in [5.74, 6) is -0.0165. The van der Waals surface area contributed by atoms with E-state index in [-0.39, 0.29) is 18.1 Å². The Morgan fingerprint density at radius 2 is 2.35 bits per heavy atom. The molecule has 2 heterocycles. The number of carbonyl (C=O) groups excluding carboxylic acids is 1. The molecule has 1 fully saturated rings. The SMILES string of the molecule is C[C@H]1OCCN[C@@H]1C(=O)NCc1cccc(Cn2ccnc2)c1. The fourth-order valence-electron chi connectivity index (χ4n) is 2.76. The van der Waals surface area contributed by atoms with Gasteiger partial charge in [-0.25, -0.2) is 4.98 Å². The fourth-order valence-corrected chi connectivity index (χ4v) is 2.76. The number of hydrogen-bond donors (Lipinski definition) is 2. The minimum Gasteiger partial charge on any atom is -0.375 e. The van der Waals surface area contributed by atoms with Crippen molar-refractivity contribution >= 4 is 5.91 Å². The van der Waals surface area contributed by atoms with Gasteiger partial charge in [-0.3, -0.25) is 4.79 Å². The molecule has 1 aromatic heterocycles. The van der Waals surface area contributed by atoms with Crippen molar-refractivity contribution in [3.8, 4) is 0 Å². The lowest BCUT2D eigenvalue weighted by molar-refractivity contribution is -0.129. The Morgan fingerprint density at radius 1 is 1.48 bits per heavy atom. The molecule has 3 rings (SSSR count). The van der Waals surface area contributed by atoms with Gasteiger partial charge in [-0.1, -0.05) is 24.3 Å². The van der Waals surface area contributed by atoms with Crippen molar-refractivity contribution in [1.82, 2.24) is 20.2 Å². The zero-order chi connectivity index (χ0) is 16.1. The molecule has 6 heteroatoms. The molecule has 2 aromatic rings. The second kappa shape index (κ2) is 7.39. The first-order valence-corrected chi connectivity index (χ1v) is 7.88. The number of benzene rings is 1. The van der Waals surface area contributed by atoms with E-state index in [0.717, 1.165) is 12.1 Å².